The second-order valence-corrected chi connectivity index (χ2v) is 6.28. The van der Waals surface area contributed by atoms with E-state index in [4.69, 9.17) is 5.73 Å². The van der Waals surface area contributed by atoms with Gasteiger partial charge in [-0.3, -0.25) is 0 Å². The highest BCUT2D eigenvalue weighted by molar-refractivity contribution is 7.09. The second-order valence-electron chi connectivity index (χ2n) is 5.25. The monoisotopic (exact) mass is 284 g/mol. The first-order valence-electron chi connectivity index (χ1n) is 7.12. The molecule has 2 N–H and O–H groups in total. The molecule has 2 aromatic heterocycles. The van der Waals surface area contributed by atoms with Gasteiger partial charge in [0.25, 0.3) is 0 Å². The molecule has 3 heteroatoms. The number of aromatic nitrogens is 1. The third kappa shape index (κ3) is 2.65. The lowest BCUT2D eigenvalue weighted by Gasteiger charge is -2.12. The first-order chi connectivity index (χ1) is 9.78. The lowest BCUT2D eigenvalue weighted by Crippen LogP contribution is -2.21. The zero-order valence-corrected chi connectivity index (χ0v) is 12.6. The molecular weight excluding hydrogens is 264 g/mol. The Morgan fingerprint density at radius 2 is 2.10 bits per heavy atom. The molecule has 2 heterocycles. The van der Waals surface area contributed by atoms with E-state index in [1.54, 1.807) is 0 Å². The topological polar surface area (TPSA) is 30.9 Å². The summed E-state index contributed by atoms with van der Waals surface area (Å²) in [5.41, 5.74) is 8.84. The van der Waals surface area contributed by atoms with E-state index in [-0.39, 0.29) is 6.04 Å². The SMILES string of the molecule is CCC(N)Cc1cccc2ccn(Cc3cccs3)c12. The van der Waals surface area contributed by atoms with Crippen LogP contribution >= 0.6 is 11.3 Å². The summed E-state index contributed by atoms with van der Waals surface area (Å²) in [7, 11) is 0. The molecule has 1 atom stereocenters. The smallest absolute Gasteiger partial charge is 0.0569 e. The molecule has 0 spiro atoms. The number of hydrogen-bond donors (Lipinski definition) is 1. The Morgan fingerprint density at radius 1 is 1.20 bits per heavy atom. The van der Waals surface area contributed by atoms with Crippen molar-refractivity contribution in [2.24, 2.45) is 5.73 Å². The summed E-state index contributed by atoms with van der Waals surface area (Å²) in [6, 6.07) is 13.3. The van der Waals surface area contributed by atoms with Crippen molar-refractivity contribution < 1.29 is 0 Å². The normalized spacial score (nSPS) is 12.9. The van der Waals surface area contributed by atoms with Crippen molar-refractivity contribution in [2.45, 2.75) is 32.4 Å². The van der Waals surface area contributed by atoms with Gasteiger partial charge in [-0.05, 0) is 41.3 Å². The Bertz CT molecular complexity index is 682. The maximum Gasteiger partial charge on any atom is 0.0569 e. The minimum Gasteiger partial charge on any atom is -0.342 e. The third-order valence-corrected chi connectivity index (χ3v) is 4.65. The van der Waals surface area contributed by atoms with E-state index in [2.05, 4.69) is 59.5 Å². The van der Waals surface area contributed by atoms with Crippen LogP contribution in [0.15, 0.2) is 48.0 Å². The van der Waals surface area contributed by atoms with Gasteiger partial charge >= 0.3 is 0 Å². The standard InChI is InChI=1S/C17H20N2S/c1-2-15(18)11-14-6-3-5-13-8-9-19(17(13)14)12-16-7-4-10-20-16/h3-10,15H,2,11-12,18H2,1H3. The molecular formula is C17H20N2S. The first-order valence-corrected chi connectivity index (χ1v) is 8.00. The molecule has 0 saturated heterocycles. The molecule has 0 aliphatic carbocycles. The number of benzene rings is 1. The van der Waals surface area contributed by atoms with Crippen LogP contribution in [0.1, 0.15) is 23.8 Å². The summed E-state index contributed by atoms with van der Waals surface area (Å²) in [5, 5.41) is 3.44. The van der Waals surface area contributed by atoms with Gasteiger partial charge in [0.15, 0.2) is 0 Å². The fourth-order valence-electron chi connectivity index (χ4n) is 2.63. The van der Waals surface area contributed by atoms with Crippen LogP contribution in [0.3, 0.4) is 0 Å². The van der Waals surface area contributed by atoms with Crippen molar-refractivity contribution >= 4 is 22.2 Å². The van der Waals surface area contributed by atoms with Gasteiger partial charge in [-0.2, -0.15) is 0 Å². The fourth-order valence-corrected chi connectivity index (χ4v) is 3.34. The van der Waals surface area contributed by atoms with Gasteiger partial charge < -0.3 is 10.3 Å². The zero-order chi connectivity index (χ0) is 13.9. The van der Waals surface area contributed by atoms with Crippen LogP contribution in [-0.4, -0.2) is 10.6 Å². The molecule has 1 unspecified atom stereocenters. The van der Waals surface area contributed by atoms with Gasteiger partial charge in [0, 0.05) is 17.1 Å². The summed E-state index contributed by atoms with van der Waals surface area (Å²) in [5.74, 6) is 0. The zero-order valence-electron chi connectivity index (χ0n) is 11.8. The van der Waals surface area contributed by atoms with E-state index in [1.165, 1.54) is 21.3 Å². The summed E-state index contributed by atoms with van der Waals surface area (Å²) >= 11 is 1.81. The van der Waals surface area contributed by atoms with Crippen LogP contribution in [0.25, 0.3) is 10.9 Å². The Morgan fingerprint density at radius 3 is 2.85 bits per heavy atom. The maximum atomic E-state index is 6.14. The number of rotatable bonds is 5. The summed E-state index contributed by atoms with van der Waals surface area (Å²) in [6.07, 6.45) is 4.15. The predicted octanol–water partition coefficient (Wildman–Crippen LogP) is 4.03. The van der Waals surface area contributed by atoms with Crippen molar-refractivity contribution in [3.63, 3.8) is 0 Å². The number of thiophene rings is 1. The van der Waals surface area contributed by atoms with E-state index in [1.807, 2.05) is 11.3 Å². The molecule has 3 aromatic rings. The minimum absolute atomic E-state index is 0.241. The highest BCUT2D eigenvalue weighted by Gasteiger charge is 2.10. The highest BCUT2D eigenvalue weighted by Crippen LogP contribution is 2.23. The molecule has 0 fully saturated rings. The van der Waals surface area contributed by atoms with Crippen LogP contribution in [-0.2, 0) is 13.0 Å². The maximum absolute atomic E-state index is 6.14. The van der Waals surface area contributed by atoms with Crippen molar-refractivity contribution in [1.29, 1.82) is 0 Å². The Hall–Kier alpha value is -1.58. The molecule has 0 bridgehead atoms. The number of para-hydroxylation sites is 1. The van der Waals surface area contributed by atoms with Crippen LogP contribution in [0.4, 0.5) is 0 Å². The molecule has 0 saturated carbocycles. The van der Waals surface area contributed by atoms with Gasteiger partial charge in [0.05, 0.1) is 12.1 Å². The van der Waals surface area contributed by atoms with Gasteiger partial charge in [0.2, 0.25) is 0 Å². The lowest BCUT2D eigenvalue weighted by molar-refractivity contribution is 0.646. The van der Waals surface area contributed by atoms with E-state index in [0.717, 1.165) is 19.4 Å². The van der Waals surface area contributed by atoms with Crippen LogP contribution < -0.4 is 5.73 Å². The lowest BCUT2D eigenvalue weighted by atomic mass is 10.0. The minimum atomic E-state index is 0.241. The van der Waals surface area contributed by atoms with Crippen LogP contribution in [0, 0.1) is 0 Å². The second kappa shape index (κ2) is 5.81. The van der Waals surface area contributed by atoms with E-state index < -0.39 is 0 Å². The summed E-state index contributed by atoms with van der Waals surface area (Å²) < 4.78 is 2.35. The van der Waals surface area contributed by atoms with E-state index >= 15 is 0 Å². The predicted molar refractivity (Wildman–Crippen MR) is 87.3 cm³/mol. The fraction of sp³-hybridized carbons (Fsp3) is 0.294. The Labute approximate surface area is 123 Å². The number of nitrogens with zero attached hydrogens (tertiary/aromatic N) is 1. The molecule has 1 aromatic carbocycles. The molecule has 0 aliphatic heterocycles. The van der Waals surface area contributed by atoms with Gasteiger partial charge in [-0.15, -0.1) is 11.3 Å². The Balaban J connectivity index is 2.00. The molecule has 0 aliphatic rings. The molecule has 104 valence electrons. The third-order valence-electron chi connectivity index (χ3n) is 3.78. The highest BCUT2D eigenvalue weighted by atomic mass is 32.1. The molecule has 2 nitrogen and oxygen atoms in total. The van der Waals surface area contributed by atoms with E-state index in [9.17, 15) is 0 Å². The van der Waals surface area contributed by atoms with Crippen LogP contribution in [0.2, 0.25) is 0 Å². The first kappa shape index (κ1) is 13.4. The summed E-state index contributed by atoms with van der Waals surface area (Å²) in [4.78, 5) is 1.39. The van der Waals surface area contributed by atoms with Crippen molar-refractivity contribution in [2.75, 3.05) is 0 Å². The van der Waals surface area contributed by atoms with Crippen molar-refractivity contribution in [1.82, 2.24) is 4.57 Å². The average Bonchev–Trinajstić information content (AvgIpc) is 3.10. The number of nitrogens with two attached hydrogens (primary N) is 1. The van der Waals surface area contributed by atoms with Gasteiger partial charge in [0.1, 0.15) is 0 Å². The van der Waals surface area contributed by atoms with Crippen LogP contribution in [0.5, 0.6) is 0 Å². The van der Waals surface area contributed by atoms with Gasteiger partial charge in [-0.25, -0.2) is 0 Å². The number of hydrogen-bond acceptors (Lipinski definition) is 2. The average molecular weight is 284 g/mol. The largest absolute Gasteiger partial charge is 0.342 e. The van der Waals surface area contributed by atoms with Crippen molar-refractivity contribution in [3.8, 4) is 0 Å². The Kier molecular flexibility index (Phi) is 3.90. The molecule has 20 heavy (non-hydrogen) atoms. The quantitative estimate of drug-likeness (QED) is 0.753. The van der Waals surface area contributed by atoms with Gasteiger partial charge in [-0.1, -0.05) is 31.2 Å². The number of fused-ring (bicyclic) bond motifs is 1. The molecule has 0 amide bonds. The van der Waals surface area contributed by atoms with Crippen molar-refractivity contribution in [3.05, 3.63) is 58.4 Å². The molecule has 3 rings (SSSR count). The summed E-state index contributed by atoms with van der Waals surface area (Å²) in [6.45, 7) is 3.09. The van der Waals surface area contributed by atoms with E-state index in [0.29, 0.717) is 0 Å². The molecule has 0 radical (unpaired) electrons.